The molecular weight excluding hydrogens is 316 g/mol. The zero-order chi connectivity index (χ0) is 16.4. The molecule has 0 saturated heterocycles. The minimum Gasteiger partial charge on any atom is -0.476 e. The van der Waals surface area contributed by atoms with Crippen LogP contribution in [-0.4, -0.2) is 20.9 Å². The molecule has 3 aromatic rings. The molecule has 0 unspecified atom stereocenters. The Kier molecular flexibility index (Phi) is 4.32. The van der Waals surface area contributed by atoms with E-state index in [4.69, 9.17) is 21.4 Å². The van der Waals surface area contributed by atoms with Gasteiger partial charge in [0.15, 0.2) is 5.69 Å². The van der Waals surface area contributed by atoms with Gasteiger partial charge in [-0.05, 0) is 22.4 Å². The predicted molar refractivity (Wildman–Crippen MR) is 87.6 cm³/mol. The van der Waals surface area contributed by atoms with E-state index in [0.717, 1.165) is 10.9 Å². The molecule has 0 amide bonds. The van der Waals surface area contributed by atoms with Crippen LogP contribution in [0.4, 0.5) is 0 Å². The van der Waals surface area contributed by atoms with E-state index in [9.17, 15) is 4.79 Å². The second-order valence-corrected chi connectivity index (χ2v) is 5.59. The lowest BCUT2D eigenvalue weighted by Gasteiger charge is -2.07. The number of carboxylic acids is 1. The monoisotopic (exact) mass is 330 g/mol. The Bertz CT molecular complexity index is 873. The lowest BCUT2D eigenvalue weighted by molar-refractivity contribution is 0.0690. The summed E-state index contributed by atoms with van der Waals surface area (Å²) >= 11 is 6.04. The van der Waals surface area contributed by atoms with Gasteiger partial charge in [0.05, 0.1) is 23.9 Å². The third kappa shape index (κ3) is 3.21. The number of ether oxygens (including phenoxy) is 1. The molecule has 0 radical (unpaired) electrons. The number of aromatic carboxylic acids is 1. The molecule has 23 heavy (non-hydrogen) atoms. The number of carboxylic acid groups (broad SMARTS) is 1. The fraction of sp³-hybridized carbons (Fsp3) is 0.176. The molecule has 5 nitrogen and oxygen atoms in total. The number of fused-ring (bicyclic) bond motifs is 1. The van der Waals surface area contributed by atoms with E-state index in [1.807, 2.05) is 24.3 Å². The number of hydrogen-bond acceptors (Lipinski definition) is 3. The molecule has 0 spiro atoms. The van der Waals surface area contributed by atoms with Gasteiger partial charge in [0.25, 0.3) is 0 Å². The van der Waals surface area contributed by atoms with Crippen molar-refractivity contribution in [3.8, 4) is 0 Å². The molecule has 0 bridgehead atoms. The molecule has 0 aliphatic carbocycles. The summed E-state index contributed by atoms with van der Waals surface area (Å²) in [5.41, 5.74) is 1.43. The summed E-state index contributed by atoms with van der Waals surface area (Å²) in [6.07, 6.45) is 0. The number of hydrogen-bond donors (Lipinski definition) is 1. The average molecular weight is 331 g/mol. The Morgan fingerprint density at radius 3 is 2.65 bits per heavy atom. The number of halogens is 1. The van der Waals surface area contributed by atoms with Crippen LogP contribution >= 0.6 is 11.6 Å². The molecule has 6 heteroatoms. The Balaban J connectivity index is 1.70. The van der Waals surface area contributed by atoms with Crippen molar-refractivity contribution >= 4 is 28.3 Å². The van der Waals surface area contributed by atoms with E-state index in [-0.39, 0.29) is 17.3 Å². The second kappa shape index (κ2) is 6.40. The van der Waals surface area contributed by atoms with Crippen molar-refractivity contribution in [3.63, 3.8) is 0 Å². The SMILES string of the molecule is Cn1nc(C(=O)O)c(Cl)c1COCc1ccc2ccccc2c1. The van der Waals surface area contributed by atoms with Gasteiger partial charge in [-0.1, -0.05) is 48.0 Å². The fourth-order valence-corrected chi connectivity index (χ4v) is 2.72. The molecule has 0 saturated carbocycles. The summed E-state index contributed by atoms with van der Waals surface area (Å²) < 4.78 is 7.11. The van der Waals surface area contributed by atoms with E-state index in [2.05, 4.69) is 23.3 Å². The summed E-state index contributed by atoms with van der Waals surface area (Å²) in [7, 11) is 1.65. The number of benzene rings is 2. The van der Waals surface area contributed by atoms with Crippen LogP contribution in [0, 0.1) is 0 Å². The highest BCUT2D eigenvalue weighted by molar-refractivity contribution is 6.33. The van der Waals surface area contributed by atoms with E-state index < -0.39 is 5.97 Å². The van der Waals surface area contributed by atoms with E-state index in [0.29, 0.717) is 12.3 Å². The van der Waals surface area contributed by atoms with Gasteiger partial charge in [0.1, 0.15) is 0 Å². The summed E-state index contributed by atoms with van der Waals surface area (Å²) in [5.74, 6) is -1.15. The molecule has 0 aliphatic heterocycles. The molecule has 0 fully saturated rings. The van der Waals surface area contributed by atoms with Crippen molar-refractivity contribution in [2.75, 3.05) is 0 Å². The van der Waals surface area contributed by atoms with E-state index in [1.165, 1.54) is 10.1 Å². The Hall–Kier alpha value is -2.37. The van der Waals surface area contributed by atoms with Crippen molar-refractivity contribution in [2.45, 2.75) is 13.2 Å². The van der Waals surface area contributed by atoms with Crippen molar-refractivity contribution in [1.82, 2.24) is 9.78 Å². The second-order valence-electron chi connectivity index (χ2n) is 5.21. The van der Waals surface area contributed by atoms with Gasteiger partial charge in [-0.2, -0.15) is 5.10 Å². The molecule has 3 rings (SSSR count). The smallest absolute Gasteiger partial charge is 0.357 e. The zero-order valence-corrected chi connectivity index (χ0v) is 13.2. The molecule has 0 atom stereocenters. The van der Waals surface area contributed by atoms with Crippen molar-refractivity contribution in [1.29, 1.82) is 0 Å². The van der Waals surface area contributed by atoms with Crippen LogP contribution in [0.5, 0.6) is 0 Å². The number of aromatic nitrogens is 2. The molecule has 1 N–H and O–H groups in total. The van der Waals surface area contributed by atoms with Crippen LogP contribution in [0.2, 0.25) is 5.02 Å². The topological polar surface area (TPSA) is 64.4 Å². The van der Waals surface area contributed by atoms with Crippen LogP contribution in [0.25, 0.3) is 10.8 Å². The quantitative estimate of drug-likeness (QED) is 0.775. The van der Waals surface area contributed by atoms with Crippen LogP contribution in [-0.2, 0) is 25.0 Å². The molecular formula is C17H15ClN2O3. The van der Waals surface area contributed by atoms with Crippen molar-refractivity contribution in [3.05, 3.63) is 64.4 Å². The highest BCUT2D eigenvalue weighted by atomic mass is 35.5. The van der Waals surface area contributed by atoms with Crippen LogP contribution in [0.3, 0.4) is 0 Å². The summed E-state index contributed by atoms with van der Waals surface area (Å²) in [6, 6.07) is 14.2. The molecule has 2 aromatic carbocycles. The number of aryl methyl sites for hydroxylation is 1. The minimum absolute atomic E-state index is 0.124. The fourth-order valence-electron chi connectivity index (χ4n) is 2.42. The lowest BCUT2D eigenvalue weighted by atomic mass is 10.1. The first-order chi connectivity index (χ1) is 11.1. The van der Waals surface area contributed by atoms with Crippen LogP contribution in [0.15, 0.2) is 42.5 Å². The summed E-state index contributed by atoms with van der Waals surface area (Å²) in [6.45, 7) is 0.608. The zero-order valence-electron chi connectivity index (χ0n) is 12.5. The van der Waals surface area contributed by atoms with E-state index in [1.54, 1.807) is 7.05 Å². The maximum atomic E-state index is 11.0. The van der Waals surface area contributed by atoms with Gasteiger partial charge < -0.3 is 9.84 Å². The summed E-state index contributed by atoms with van der Waals surface area (Å²) in [5, 5.41) is 15.3. The molecule has 0 aliphatic rings. The van der Waals surface area contributed by atoms with Crippen LogP contribution in [0.1, 0.15) is 21.7 Å². The van der Waals surface area contributed by atoms with Crippen LogP contribution < -0.4 is 0 Å². The lowest BCUT2D eigenvalue weighted by Crippen LogP contribution is -2.02. The normalized spacial score (nSPS) is 11.0. The number of carbonyl (C=O) groups is 1. The predicted octanol–water partition coefficient (Wildman–Crippen LogP) is 3.64. The van der Waals surface area contributed by atoms with Gasteiger partial charge in [-0.25, -0.2) is 4.79 Å². The maximum Gasteiger partial charge on any atom is 0.357 e. The Morgan fingerprint density at radius 2 is 1.96 bits per heavy atom. The average Bonchev–Trinajstić information content (AvgIpc) is 2.83. The molecule has 1 aromatic heterocycles. The van der Waals surface area contributed by atoms with Crippen molar-refractivity contribution < 1.29 is 14.6 Å². The minimum atomic E-state index is -1.15. The van der Waals surface area contributed by atoms with E-state index >= 15 is 0 Å². The van der Waals surface area contributed by atoms with Gasteiger partial charge in [0.2, 0.25) is 0 Å². The first-order valence-electron chi connectivity index (χ1n) is 7.06. The number of nitrogens with zero attached hydrogens (tertiary/aromatic N) is 2. The van der Waals surface area contributed by atoms with Crippen molar-refractivity contribution in [2.24, 2.45) is 7.05 Å². The Morgan fingerprint density at radius 1 is 1.22 bits per heavy atom. The van der Waals surface area contributed by atoms with Gasteiger partial charge in [-0.15, -0.1) is 0 Å². The largest absolute Gasteiger partial charge is 0.476 e. The van der Waals surface area contributed by atoms with Gasteiger partial charge in [0, 0.05) is 7.05 Å². The summed E-state index contributed by atoms with van der Waals surface area (Å²) in [4.78, 5) is 11.0. The molecule has 1 heterocycles. The third-order valence-corrected chi connectivity index (χ3v) is 4.02. The highest BCUT2D eigenvalue weighted by Crippen LogP contribution is 2.22. The molecule has 118 valence electrons. The maximum absolute atomic E-state index is 11.0. The third-order valence-electron chi connectivity index (χ3n) is 3.63. The standard InChI is InChI=1S/C17H15ClN2O3/c1-20-14(15(18)16(19-20)17(21)22)10-23-9-11-6-7-12-4-2-3-5-13(12)8-11/h2-8H,9-10H2,1H3,(H,21,22). The number of rotatable bonds is 5. The highest BCUT2D eigenvalue weighted by Gasteiger charge is 2.19. The van der Waals surface area contributed by atoms with Gasteiger partial charge in [-0.3, -0.25) is 4.68 Å². The first-order valence-corrected chi connectivity index (χ1v) is 7.44. The van der Waals surface area contributed by atoms with Gasteiger partial charge >= 0.3 is 5.97 Å². The Labute approximate surface area is 138 Å². The first kappa shape index (κ1) is 15.5.